The second-order valence-electron chi connectivity index (χ2n) is 9.24. The normalized spacial score (nSPS) is 16.6. The minimum absolute atomic E-state index is 0.0869. The summed E-state index contributed by atoms with van der Waals surface area (Å²) in [5.74, 6) is 0. The molecule has 0 radical (unpaired) electrons. The van der Waals surface area contributed by atoms with Crippen LogP contribution in [0.4, 0.5) is 0 Å². The second-order valence-corrected chi connectivity index (χ2v) is 9.24. The molecule has 5 rings (SSSR count). The van der Waals surface area contributed by atoms with E-state index in [1.54, 1.807) is 0 Å². The summed E-state index contributed by atoms with van der Waals surface area (Å²) in [4.78, 5) is 4.48. The number of hydrogen-bond acceptors (Lipinski definition) is 1. The number of rotatable bonds is 7. The van der Waals surface area contributed by atoms with Gasteiger partial charge in [-0.15, -0.1) is 0 Å². The molecule has 1 heteroatoms. The molecule has 3 aromatic carbocycles. The van der Waals surface area contributed by atoms with E-state index in [2.05, 4.69) is 91.6 Å². The Morgan fingerprint density at radius 1 is 0.656 bits per heavy atom. The van der Waals surface area contributed by atoms with Crippen molar-refractivity contribution in [3.63, 3.8) is 0 Å². The lowest BCUT2D eigenvalue weighted by Gasteiger charge is -2.28. The van der Waals surface area contributed by atoms with Gasteiger partial charge in [0.1, 0.15) is 0 Å². The molecular formula is C31H31N. The predicted molar refractivity (Wildman–Crippen MR) is 136 cm³/mol. The summed E-state index contributed by atoms with van der Waals surface area (Å²) in [6.45, 7) is 4.74. The molecule has 0 fully saturated rings. The first kappa shape index (κ1) is 20.7. The third kappa shape index (κ3) is 3.66. The maximum atomic E-state index is 4.48. The molecular weight excluding hydrogens is 386 g/mol. The first-order valence-electron chi connectivity index (χ1n) is 12.0. The molecule has 1 nitrogen and oxygen atoms in total. The maximum Gasteiger partial charge on any atom is 0.0701 e. The highest BCUT2D eigenvalue weighted by Crippen LogP contribution is 2.52. The van der Waals surface area contributed by atoms with Crippen LogP contribution in [0.15, 0.2) is 91.1 Å². The van der Waals surface area contributed by atoms with Crippen LogP contribution in [0.3, 0.4) is 0 Å². The molecule has 160 valence electrons. The Hall–Kier alpha value is -3.19. The van der Waals surface area contributed by atoms with Crippen molar-refractivity contribution in [3.8, 4) is 33.5 Å². The van der Waals surface area contributed by atoms with Crippen LogP contribution in [0.5, 0.6) is 0 Å². The number of pyridine rings is 1. The highest BCUT2D eigenvalue weighted by molar-refractivity contribution is 5.84. The van der Waals surface area contributed by atoms with Gasteiger partial charge in [0.2, 0.25) is 0 Å². The maximum absolute atomic E-state index is 4.48. The lowest BCUT2D eigenvalue weighted by Crippen LogP contribution is -2.20. The molecule has 0 bridgehead atoms. The van der Waals surface area contributed by atoms with Crippen LogP contribution in [0.25, 0.3) is 33.5 Å². The number of aromatic nitrogens is 1. The summed E-state index contributed by atoms with van der Waals surface area (Å²) in [7, 11) is 0. The van der Waals surface area contributed by atoms with Gasteiger partial charge in [0.15, 0.2) is 0 Å². The molecule has 1 aliphatic carbocycles. The predicted octanol–water partition coefficient (Wildman–Crippen LogP) is 8.67. The van der Waals surface area contributed by atoms with Gasteiger partial charge in [0.25, 0.3) is 0 Å². The highest BCUT2D eigenvalue weighted by Gasteiger charge is 2.38. The molecule has 0 amide bonds. The summed E-state index contributed by atoms with van der Waals surface area (Å²) < 4.78 is 0. The van der Waals surface area contributed by atoms with E-state index in [-0.39, 0.29) is 5.41 Å². The fourth-order valence-electron chi connectivity index (χ4n) is 5.30. The Labute approximate surface area is 192 Å². The Kier molecular flexibility index (Phi) is 5.66. The third-order valence-electron chi connectivity index (χ3n) is 7.13. The van der Waals surface area contributed by atoms with E-state index in [9.17, 15) is 0 Å². The zero-order valence-corrected chi connectivity index (χ0v) is 19.1. The standard InChI is InChI=1S/C31H31N/c1-3-4-5-9-20-31(2)28-12-7-6-11-26(28)27-19-18-25(22-29(27)31)23-14-16-24(17-15-23)30-13-8-10-21-32-30/h6-8,10-19,21-22H,3-5,9,20H2,1-2H3. The van der Waals surface area contributed by atoms with Crippen molar-refractivity contribution in [2.24, 2.45) is 0 Å². The minimum Gasteiger partial charge on any atom is -0.256 e. The lowest BCUT2D eigenvalue weighted by atomic mass is 9.75. The number of hydrogen-bond donors (Lipinski definition) is 0. The topological polar surface area (TPSA) is 12.9 Å². The van der Waals surface area contributed by atoms with E-state index in [1.165, 1.54) is 65.5 Å². The Bertz CT molecular complexity index is 1210. The summed E-state index contributed by atoms with van der Waals surface area (Å²) in [6, 6.07) is 31.0. The average Bonchev–Trinajstić information content (AvgIpc) is 3.11. The Balaban J connectivity index is 1.50. The van der Waals surface area contributed by atoms with E-state index >= 15 is 0 Å². The molecule has 1 atom stereocenters. The fraction of sp³-hybridized carbons (Fsp3) is 0.258. The molecule has 1 unspecified atom stereocenters. The van der Waals surface area contributed by atoms with Crippen molar-refractivity contribution >= 4 is 0 Å². The van der Waals surface area contributed by atoms with Crippen molar-refractivity contribution in [1.82, 2.24) is 4.98 Å². The highest BCUT2D eigenvalue weighted by atomic mass is 14.7. The summed E-state index contributed by atoms with van der Waals surface area (Å²) >= 11 is 0. The molecule has 0 N–H and O–H groups in total. The van der Waals surface area contributed by atoms with Gasteiger partial charge < -0.3 is 0 Å². The monoisotopic (exact) mass is 417 g/mol. The zero-order valence-electron chi connectivity index (χ0n) is 19.1. The first-order chi connectivity index (χ1) is 15.7. The van der Waals surface area contributed by atoms with Crippen LogP contribution in [0.1, 0.15) is 57.1 Å². The quantitative estimate of drug-likeness (QED) is 0.274. The molecule has 0 saturated heterocycles. The number of benzene rings is 3. The van der Waals surface area contributed by atoms with Gasteiger partial charge in [-0.2, -0.15) is 0 Å². The van der Waals surface area contributed by atoms with E-state index in [0.717, 1.165) is 11.3 Å². The zero-order chi connectivity index (χ0) is 22.0. The van der Waals surface area contributed by atoms with Crippen LogP contribution >= 0.6 is 0 Å². The van der Waals surface area contributed by atoms with Crippen LogP contribution in [-0.2, 0) is 5.41 Å². The van der Waals surface area contributed by atoms with E-state index < -0.39 is 0 Å². The molecule has 1 heterocycles. The van der Waals surface area contributed by atoms with E-state index in [0.29, 0.717) is 0 Å². The van der Waals surface area contributed by atoms with Gasteiger partial charge in [-0.05, 0) is 58.0 Å². The second kappa shape index (κ2) is 8.74. The minimum atomic E-state index is 0.0869. The van der Waals surface area contributed by atoms with Gasteiger partial charge >= 0.3 is 0 Å². The smallest absolute Gasteiger partial charge is 0.0701 e. The van der Waals surface area contributed by atoms with Crippen LogP contribution in [0.2, 0.25) is 0 Å². The van der Waals surface area contributed by atoms with Crippen molar-refractivity contribution in [1.29, 1.82) is 0 Å². The van der Waals surface area contributed by atoms with Gasteiger partial charge in [-0.3, -0.25) is 4.98 Å². The van der Waals surface area contributed by atoms with E-state index in [4.69, 9.17) is 0 Å². The number of unbranched alkanes of at least 4 members (excludes halogenated alkanes) is 3. The summed E-state index contributed by atoms with van der Waals surface area (Å²) in [5.41, 5.74) is 10.6. The Morgan fingerprint density at radius 2 is 1.38 bits per heavy atom. The van der Waals surface area contributed by atoms with Crippen molar-refractivity contribution in [2.45, 2.75) is 51.4 Å². The molecule has 32 heavy (non-hydrogen) atoms. The molecule has 1 aliphatic rings. The fourth-order valence-corrected chi connectivity index (χ4v) is 5.30. The SMILES string of the molecule is CCCCCCC1(C)c2ccccc2-c2ccc(-c3ccc(-c4ccccn4)cc3)cc21. The van der Waals surface area contributed by atoms with Gasteiger partial charge in [-0.1, -0.05) is 106 Å². The average molecular weight is 418 g/mol. The van der Waals surface area contributed by atoms with Crippen molar-refractivity contribution < 1.29 is 0 Å². The Morgan fingerprint density at radius 3 is 2.16 bits per heavy atom. The van der Waals surface area contributed by atoms with Crippen LogP contribution in [0, 0.1) is 0 Å². The lowest BCUT2D eigenvalue weighted by molar-refractivity contribution is 0.487. The van der Waals surface area contributed by atoms with Crippen LogP contribution < -0.4 is 0 Å². The third-order valence-corrected chi connectivity index (χ3v) is 7.13. The number of nitrogens with zero attached hydrogens (tertiary/aromatic N) is 1. The van der Waals surface area contributed by atoms with Gasteiger partial charge in [0.05, 0.1) is 5.69 Å². The van der Waals surface area contributed by atoms with E-state index in [1.807, 2.05) is 18.3 Å². The molecule has 0 aliphatic heterocycles. The summed E-state index contributed by atoms with van der Waals surface area (Å²) in [5, 5.41) is 0. The molecule has 1 aromatic heterocycles. The van der Waals surface area contributed by atoms with Crippen molar-refractivity contribution in [2.75, 3.05) is 0 Å². The molecule has 4 aromatic rings. The molecule has 0 spiro atoms. The van der Waals surface area contributed by atoms with Crippen molar-refractivity contribution in [3.05, 3.63) is 102 Å². The summed E-state index contributed by atoms with van der Waals surface area (Å²) in [6.07, 6.45) is 8.26. The first-order valence-corrected chi connectivity index (χ1v) is 12.0. The van der Waals surface area contributed by atoms with Gasteiger partial charge in [0, 0.05) is 17.2 Å². The number of fused-ring (bicyclic) bond motifs is 3. The van der Waals surface area contributed by atoms with Gasteiger partial charge in [-0.25, -0.2) is 0 Å². The largest absolute Gasteiger partial charge is 0.256 e. The molecule has 0 saturated carbocycles. The van der Waals surface area contributed by atoms with Crippen LogP contribution in [-0.4, -0.2) is 4.98 Å².